The van der Waals surface area contributed by atoms with Crippen molar-refractivity contribution in [2.75, 3.05) is 14.2 Å². The molecular formula is C17H14NO6S-. The van der Waals surface area contributed by atoms with E-state index in [0.29, 0.717) is 22.0 Å². The minimum atomic E-state index is -1.35. The van der Waals surface area contributed by atoms with Crippen molar-refractivity contribution in [2.45, 2.75) is 4.90 Å². The van der Waals surface area contributed by atoms with Gasteiger partial charge >= 0.3 is 0 Å². The summed E-state index contributed by atoms with van der Waals surface area (Å²) in [5, 5.41) is 22.1. The Morgan fingerprint density at radius 1 is 1.08 bits per heavy atom. The molecular weight excluding hydrogens is 346 g/mol. The van der Waals surface area contributed by atoms with E-state index in [0.717, 1.165) is 11.8 Å². The zero-order valence-corrected chi connectivity index (χ0v) is 14.2. The highest BCUT2D eigenvalue weighted by molar-refractivity contribution is 8.04. The van der Waals surface area contributed by atoms with Gasteiger partial charge in [-0.25, -0.2) is 0 Å². The van der Waals surface area contributed by atoms with Crippen molar-refractivity contribution >= 4 is 29.5 Å². The number of hydrogen-bond donors (Lipinski definition) is 0. The maximum absolute atomic E-state index is 11.4. The quantitative estimate of drug-likeness (QED) is 0.323. The van der Waals surface area contributed by atoms with E-state index in [4.69, 9.17) is 9.47 Å². The highest BCUT2D eigenvalue weighted by Gasteiger charge is 2.09. The number of benzene rings is 2. The number of carboxylic acid groups (broad SMARTS) is 1. The second kappa shape index (κ2) is 8.20. The van der Waals surface area contributed by atoms with Gasteiger partial charge in [0.25, 0.3) is 5.69 Å². The van der Waals surface area contributed by atoms with E-state index in [9.17, 15) is 20.0 Å². The standard InChI is InChI=1S/C17H15NO6S/c1-23-14-8-3-11(9-15(14)24-2)10-16(17(19)20)25-13-6-4-12(5-7-13)18(21)22/h3-10H,1-2H3,(H,19,20)/p-1/b16-10+. The first-order valence-corrected chi connectivity index (χ1v) is 7.83. The Morgan fingerprint density at radius 3 is 2.24 bits per heavy atom. The lowest BCUT2D eigenvalue weighted by Crippen LogP contribution is -2.22. The number of carboxylic acids is 1. The van der Waals surface area contributed by atoms with Crippen LogP contribution >= 0.6 is 11.8 Å². The highest BCUT2D eigenvalue weighted by Crippen LogP contribution is 2.32. The molecule has 0 heterocycles. The van der Waals surface area contributed by atoms with E-state index in [1.165, 1.54) is 44.6 Å². The van der Waals surface area contributed by atoms with Crippen molar-refractivity contribution < 1.29 is 24.3 Å². The lowest BCUT2D eigenvalue weighted by atomic mass is 10.2. The normalized spacial score (nSPS) is 11.0. The second-order valence-corrected chi connectivity index (χ2v) is 5.88. The summed E-state index contributed by atoms with van der Waals surface area (Å²) in [5.41, 5.74) is 0.523. The third-order valence-electron chi connectivity index (χ3n) is 3.18. The van der Waals surface area contributed by atoms with Crippen LogP contribution in [0.25, 0.3) is 6.08 Å². The molecule has 0 aliphatic rings. The third kappa shape index (κ3) is 4.74. The number of carbonyl (C=O) groups excluding carboxylic acids is 1. The topological polar surface area (TPSA) is 102 Å². The number of ether oxygens (including phenoxy) is 2. The largest absolute Gasteiger partial charge is 0.544 e. The van der Waals surface area contributed by atoms with Gasteiger partial charge in [0.2, 0.25) is 0 Å². The maximum Gasteiger partial charge on any atom is 0.269 e. The molecule has 0 saturated heterocycles. The van der Waals surface area contributed by atoms with E-state index < -0.39 is 10.9 Å². The van der Waals surface area contributed by atoms with Crippen molar-refractivity contribution in [1.29, 1.82) is 0 Å². The number of carbonyl (C=O) groups is 1. The maximum atomic E-state index is 11.4. The van der Waals surface area contributed by atoms with Gasteiger partial charge in [0, 0.05) is 21.9 Å². The molecule has 0 bridgehead atoms. The molecule has 0 aliphatic carbocycles. The van der Waals surface area contributed by atoms with Gasteiger partial charge in [-0.3, -0.25) is 10.1 Å². The molecule has 0 atom stereocenters. The number of aliphatic carboxylic acids is 1. The molecule has 8 heteroatoms. The predicted molar refractivity (Wildman–Crippen MR) is 91.5 cm³/mol. The number of methoxy groups -OCH3 is 2. The van der Waals surface area contributed by atoms with Crippen LogP contribution in [0.4, 0.5) is 5.69 Å². The SMILES string of the molecule is COc1ccc(/C=C(/Sc2ccc([N+](=O)[O-])cc2)C(=O)[O-])cc1OC. The van der Waals surface area contributed by atoms with Gasteiger partial charge in [0.05, 0.1) is 25.1 Å². The number of rotatable bonds is 7. The van der Waals surface area contributed by atoms with E-state index in [-0.39, 0.29) is 10.6 Å². The molecule has 0 radical (unpaired) electrons. The molecule has 0 spiro atoms. The van der Waals surface area contributed by atoms with Crippen LogP contribution in [-0.4, -0.2) is 25.1 Å². The molecule has 0 fully saturated rings. The zero-order chi connectivity index (χ0) is 18.4. The van der Waals surface area contributed by atoms with Gasteiger partial charge in [0.15, 0.2) is 11.5 Å². The van der Waals surface area contributed by atoms with Crippen LogP contribution < -0.4 is 14.6 Å². The summed E-state index contributed by atoms with van der Waals surface area (Å²) >= 11 is 0.940. The van der Waals surface area contributed by atoms with Crippen molar-refractivity contribution in [3.63, 3.8) is 0 Å². The number of nitro benzene ring substituents is 1. The van der Waals surface area contributed by atoms with E-state index in [1.807, 2.05) is 0 Å². The third-order valence-corrected chi connectivity index (χ3v) is 4.19. The minimum absolute atomic E-state index is 0.0407. The fraction of sp³-hybridized carbons (Fsp3) is 0.118. The van der Waals surface area contributed by atoms with Gasteiger partial charge < -0.3 is 19.4 Å². The zero-order valence-electron chi connectivity index (χ0n) is 13.4. The fourth-order valence-corrected chi connectivity index (χ4v) is 2.79. The molecule has 0 amide bonds. The van der Waals surface area contributed by atoms with Crippen LogP contribution in [-0.2, 0) is 4.79 Å². The molecule has 0 aliphatic heterocycles. The lowest BCUT2D eigenvalue weighted by Gasteiger charge is -2.11. The Morgan fingerprint density at radius 2 is 1.72 bits per heavy atom. The molecule has 7 nitrogen and oxygen atoms in total. The van der Waals surface area contributed by atoms with Crippen molar-refractivity contribution in [3.8, 4) is 11.5 Å². The second-order valence-electron chi connectivity index (χ2n) is 4.76. The molecule has 0 N–H and O–H groups in total. The summed E-state index contributed by atoms with van der Waals surface area (Å²) in [6, 6.07) is 10.6. The van der Waals surface area contributed by atoms with Crippen molar-refractivity contribution in [2.24, 2.45) is 0 Å². The molecule has 25 heavy (non-hydrogen) atoms. The Bertz CT molecular complexity index is 816. The summed E-state index contributed by atoms with van der Waals surface area (Å²) in [7, 11) is 2.99. The van der Waals surface area contributed by atoms with Crippen molar-refractivity contribution in [3.05, 3.63) is 63.0 Å². The van der Waals surface area contributed by atoms with Crippen LogP contribution in [0.5, 0.6) is 11.5 Å². The van der Waals surface area contributed by atoms with Crippen molar-refractivity contribution in [1.82, 2.24) is 0 Å². The smallest absolute Gasteiger partial charge is 0.269 e. The number of non-ortho nitro benzene ring substituents is 1. The molecule has 2 aromatic carbocycles. The first kappa shape index (κ1) is 18.3. The Labute approximate surface area is 148 Å². The van der Waals surface area contributed by atoms with Gasteiger partial charge in [-0.05, 0) is 35.9 Å². The fourth-order valence-electron chi connectivity index (χ4n) is 1.99. The number of nitro groups is 1. The summed E-state index contributed by atoms with van der Waals surface area (Å²) < 4.78 is 10.3. The van der Waals surface area contributed by atoms with E-state index in [1.54, 1.807) is 18.2 Å². The van der Waals surface area contributed by atoms with Gasteiger partial charge in [0.1, 0.15) is 0 Å². The number of thioether (sulfide) groups is 1. The van der Waals surface area contributed by atoms with E-state index >= 15 is 0 Å². The summed E-state index contributed by atoms with van der Waals surface area (Å²) in [5.74, 6) is -0.356. The van der Waals surface area contributed by atoms with Crippen LogP contribution in [0.1, 0.15) is 5.56 Å². The summed E-state index contributed by atoms with van der Waals surface area (Å²) in [6.07, 6.45) is 1.43. The molecule has 2 rings (SSSR count). The summed E-state index contributed by atoms with van der Waals surface area (Å²) in [6.45, 7) is 0. The van der Waals surface area contributed by atoms with Gasteiger partial charge in [-0.2, -0.15) is 0 Å². The van der Waals surface area contributed by atoms with Gasteiger partial charge in [-0.15, -0.1) is 0 Å². The average molecular weight is 360 g/mol. The van der Waals surface area contributed by atoms with Crippen LogP contribution in [0.2, 0.25) is 0 Å². The lowest BCUT2D eigenvalue weighted by molar-refractivity contribution is -0.384. The van der Waals surface area contributed by atoms with Crippen LogP contribution in [0, 0.1) is 10.1 Å². The number of nitrogens with zero attached hydrogens (tertiary/aromatic N) is 1. The summed E-state index contributed by atoms with van der Waals surface area (Å²) in [4.78, 5) is 22.0. The molecule has 2 aromatic rings. The average Bonchev–Trinajstić information content (AvgIpc) is 2.61. The molecule has 0 aromatic heterocycles. The Balaban J connectivity index is 2.29. The Kier molecular flexibility index (Phi) is 6.02. The molecule has 0 saturated carbocycles. The first-order valence-electron chi connectivity index (χ1n) is 7.02. The Hall–Kier alpha value is -3.00. The molecule has 130 valence electrons. The number of hydrogen-bond acceptors (Lipinski definition) is 7. The van der Waals surface area contributed by atoms with Gasteiger partial charge in [-0.1, -0.05) is 17.8 Å². The van der Waals surface area contributed by atoms with Crippen LogP contribution in [0.15, 0.2) is 52.3 Å². The van der Waals surface area contributed by atoms with E-state index in [2.05, 4.69) is 0 Å². The minimum Gasteiger partial charge on any atom is -0.544 e. The molecule has 0 unspecified atom stereocenters. The van der Waals surface area contributed by atoms with Crippen LogP contribution in [0.3, 0.4) is 0 Å². The monoisotopic (exact) mass is 360 g/mol. The first-order chi connectivity index (χ1) is 11.9. The highest BCUT2D eigenvalue weighted by atomic mass is 32.2. The predicted octanol–water partition coefficient (Wildman–Crippen LogP) is 2.50.